The van der Waals surface area contributed by atoms with Crippen molar-refractivity contribution >= 4 is 57.9 Å². The quantitative estimate of drug-likeness (QED) is 0.305. The monoisotopic (exact) mass is 509 g/mol. The molecule has 3 aromatic rings. The van der Waals surface area contributed by atoms with E-state index in [9.17, 15) is 14.7 Å². The first-order valence-corrected chi connectivity index (χ1v) is 12.0. The predicted molar refractivity (Wildman–Crippen MR) is 139 cm³/mol. The van der Waals surface area contributed by atoms with Crippen LogP contribution in [-0.2, 0) is 22.6 Å². The number of benzene rings is 3. The number of thioether (sulfide) groups is 1. The molecule has 0 aliphatic carbocycles. The Kier molecular flexibility index (Phi) is 7.67. The number of amides is 1. The number of hydrogen-bond donors (Lipinski definition) is 1. The van der Waals surface area contributed by atoms with Crippen LogP contribution in [0.4, 0.5) is 0 Å². The molecule has 1 amide bonds. The van der Waals surface area contributed by atoms with Crippen molar-refractivity contribution in [3.05, 3.63) is 105 Å². The van der Waals surface area contributed by atoms with Crippen LogP contribution in [0, 0.1) is 0 Å². The summed E-state index contributed by atoms with van der Waals surface area (Å²) < 4.78 is 6.03. The summed E-state index contributed by atoms with van der Waals surface area (Å²) in [6, 6.07) is 22.9. The van der Waals surface area contributed by atoms with Crippen molar-refractivity contribution in [2.24, 2.45) is 0 Å². The second kappa shape index (κ2) is 10.9. The van der Waals surface area contributed by atoms with Gasteiger partial charge in [-0.2, -0.15) is 0 Å². The lowest BCUT2D eigenvalue weighted by Gasteiger charge is -2.23. The van der Waals surface area contributed by atoms with E-state index in [1.54, 1.807) is 18.2 Å². The van der Waals surface area contributed by atoms with Crippen LogP contribution in [0.15, 0.2) is 83.8 Å². The fourth-order valence-electron chi connectivity index (χ4n) is 3.46. The van der Waals surface area contributed by atoms with E-state index in [4.69, 9.17) is 28.6 Å². The highest BCUT2D eigenvalue weighted by Crippen LogP contribution is 2.35. The summed E-state index contributed by atoms with van der Waals surface area (Å²) in [6.07, 6.45) is 1.88. The van der Waals surface area contributed by atoms with Gasteiger partial charge in [-0.1, -0.05) is 96.2 Å². The highest BCUT2D eigenvalue weighted by molar-refractivity contribution is 8.26. The third kappa shape index (κ3) is 5.67. The SMILES string of the molecule is O=C(O)[C@H](Cc1ccccc1)N1C(=O)/C(=C\c2ccc(OCc3ccccc3Cl)cc2)SC1=S. The zero-order chi connectivity index (χ0) is 24.1. The average Bonchev–Trinajstić information content (AvgIpc) is 3.11. The molecule has 0 aromatic heterocycles. The maximum atomic E-state index is 13.1. The first kappa shape index (κ1) is 24.0. The summed E-state index contributed by atoms with van der Waals surface area (Å²) in [6.45, 7) is 0.343. The minimum absolute atomic E-state index is 0.174. The van der Waals surface area contributed by atoms with Crippen LogP contribution in [0.2, 0.25) is 5.02 Å². The van der Waals surface area contributed by atoms with Crippen molar-refractivity contribution in [2.45, 2.75) is 19.1 Å². The van der Waals surface area contributed by atoms with Crippen LogP contribution in [0.1, 0.15) is 16.7 Å². The number of halogens is 1. The number of carboxylic acid groups (broad SMARTS) is 1. The van der Waals surface area contributed by atoms with Crippen molar-refractivity contribution in [2.75, 3.05) is 0 Å². The molecule has 172 valence electrons. The van der Waals surface area contributed by atoms with E-state index in [0.717, 1.165) is 28.5 Å². The molecule has 3 aromatic carbocycles. The number of carbonyl (C=O) groups is 2. The van der Waals surface area contributed by atoms with Crippen LogP contribution < -0.4 is 4.74 Å². The molecule has 5 nitrogen and oxygen atoms in total. The van der Waals surface area contributed by atoms with Crippen LogP contribution in [0.25, 0.3) is 6.08 Å². The van der Waals surface area contributed by atoms with Gasteiger partial charge in [-0.3, -0.25) is 9.69 Å². The van der Waals surface area contributed by atoms with Crippen molar-refractivity contribution in [1.29, 1.82) is 0 Å². The second-order valence-corrected chi connectivity index (χ2v) is 9.63. The summed E-state index contributed by atoms with van der Waals surface area (Å²) in [5.74, 6) is -0.836. The van der Waals surface area contributed by atoms with E-state index < -0.39 is 17.9 Å². The molecular weight excluding hydrogens is 490 g/mol. The predicted octanol–water partition coefficient (Wildman–Crippen LogP) is 5.82. The molecule has 1 atom stereocenters. The molecule has 1 heterocycles. The number of carboxylic acids is 1. The van der Waals surface area contributed by atoms with Gasteiger partial charge in [0.05, 0.1) is 4.91 Å². The fourth-order valence-corrected chi connectivity index (χ4v) is 5.01. The number of thiocarbonyl (C=S) groups is 1. The summed E-state index contributed by atoms with van der Waals surface area (Å²) in [5, 5.41) is 10.4. The molecule has 0 radical (unpaired) electrons. The standard InChI is InChI=1S/C26H20ClNO4S2/c27-21-9-5-4-8-19(21)16-32-20-12-10-18(11-13-20)15-23-24(29)28(26(33)34-23)22(25(30)31)14-17-6-2-1-3-7-17/h1-13,15,22H,14,16H2,(H,30,31)/b23-15+/t22-/m0/s1. The van der Waals surface area contributed by atoms with Crippen molar-refractivity contribution < 1.29 is 19.4 Å². The van der Waals surface area contributed by atoms with Gasteiger partial charge in [-0.05, 0) is 35.4 Å². The highest BCUT2D eigenvalue weighted by atomic mass is 35.5. The zero-order valence-electron chi connectivity index (χ0n) is 17.9. The maximum absolute atomic E-state index is 13.1. The van der Waals surface area contributed by atoms with Gasteiger partial charge in [0.1, 0.15) is 22.7 Å². The Bertz CT molecular complexity index is 1250. The van der Waals surface area contributed by atoms with Crippen molar-refractivity contribution in [3.8, 4) is 5.75 Å². The van der Waals surface area contributed by atoms with E-state index in [1.807, 2.05) is 66.7 Å². The smallest absolute Gasteiger partial charge is 0.327 e. The van der Waals surface area contributed by atoms with Crippen LogP contribution >= 0.6 is 35.6 Å². The summed E-state index contributed by atoms with van der Waals surface area (Å²) in [5.41, 5.74) is 2.49. The van der Waals surface area contributed by atoms with E-state index in [-0.39, 0.29) is 10.7 Å². The third-order valence-corrected chi connectivity index (χ3v) is 6.92. The average molecular weight is 510 g/mol. The molecule has 0 unspecified atom stereocenters. The number of ether oxygens (including phenoxy) is 1. The fraction of sp³-hybridized carbons (Fsp3) is 0.115. The van der Waals surface area contributed by atoms with Crippen molar-refractivity contribution in [1.82, 2.24) is 4.90 Å². The number of rotatable bonds is 8. The zero-order valence-corrected chi connectivity index (χ0v) is 20.3. The molecular formula is C26H20ClNO4S2. The maximum Gasteiger partial charge on any atom is 0.327 e. The largest absolute Gasteiger partial charge is 0.489 e. The summed E-state index contributed by atoms with van der Waals surface area (Å²) in [4.78, 5) is 26.6. The molecule has 1 N–H and O–H groups in total. The number of hydrogen-bond acceptors (Lipinski definition) is 5. The molecule has 1 aliphatic heterocycles. The Hall–Kier alpha value is -3.13. The lowest BCUT2D eigenvalue weighted by atomic mass is 10.0. The molecule has 0 saturated carbocycles. The Morgan fingerprint density at radius 3 is 2.41 bits per heavy atom. The van der Waals surface area contributed by atoms with Crippen LogP contribution in [0.5, 0.6) is 5.75 Å². The lowest BCUT2D eigenvalue weighted by Crippen LogP contribution is -2.45. The molecule has 1 saturated heterocycles. The summed E-state index contributed by atoms with van der Waals surface area (Å²) >= 11 is 12.6. The lowest BCUT2D eigenvalue weighted by molar-refractivity contribution is -0.145. The minimum Gasteiger partial charge on any atom is -0.489 e. The normalized spacial score (nSPS) is 15.6. The van der Waals surface area contributed by atoms with E-state index in [0.29, 0.717) is 22.3 Å². The number of nitrogens with zero attached hydrogens (tertiary/aromatic N) is 1. The number of aliphatic carboxylic acids is 1. The van der Waals surface area contributed by atoms with Gasteiger partial charge in [-0.25, -0.2) is 4.79 Å². The Labute approximate surface area is 212 Å². The molecule has 34 heavy (non-hydrogen) atoms. The summed E-state index contributed by atoms with van der Waals surface area (Å²) in [7, 11) is 0. The Morgan fingerprint density at radius 1 is 1.06 bits per heavy atom. The topological polar surface area (TPSA) is 66.8 Å². The molecule has 8 heteroatoms. The van der Waals surface area contributed by atoms with E-state index >= 15 is 0 Å². The van der Waals surface area contributed by atoms with Crippen molar-refractivity contribution in [3.63, 3.8) is 0 Å². The van der Waals surface area contributed by atoms with Gasteiger partial charge in [0.15, 0.2) is 0 Å². The van der Waals surface area contributed by atoms with Crippen LogP contribution in [-0.4, -0.2) is 32.2 Å². The number of carbonyl (C=O) groups excluding carboxylic acids is 1. The van der Waals surface area contributed by atoms with Gasteiger partial charge in [0, 0.05) is 17.0 Å². The second-order valence-electron chi connectivity index (χ2n) is 7.54. The Morgan fingerprint density at radius 2 is 1.74 bits per heavy atom. The van der Waals surface area contributed by atoms with Gasteiger partial charge in [-0.15, -0.1) is 0 Å². The van der Waals surface area contributed by atoms with Gasteiger partial charge in [0.25, 0.3) is 5.91 Å². The van der Waals surface area contributed by atoms with Gasteiger partial charge < -0.3 is 9.84 Å². The van der Waals surface area contributed by atoms with Gasteiger partial charge >= 0.3 is 5.97 Å². The first-order chi connectivity index (χ1) is 16.4. The van der Waals surface area contributed by atoms with E-state index in [1.165, 1.54) is 4.90 Å². The molecule has 1 fully saturated rings. The van der Waals surface area contributed by atoms with E-state index in [2.05, 4.69) is 0 Å². The van der Waals surface area contributed by atoms with Gasteiger partial charge in [0.2, 0.25) is 0 Å². The molecule has 1 aliphatic rings. The minimum atomic E-state index is -1.10. The van der Waals surface area contributed by atoms with Crippen LogP contribution in [0.3, 0.4) is 0 Å². The third-order valence-electron chi connectivity index (χ3n) is 5.22. The molecule has 0 spiro atoms. The Balaban J connectivity index is 1.46. The highest BCUT2D eigenvalue weighted by Gasteiger charge is 2.40. The first-order valence-electron chi connectivity index (χ1n) is 10.4. The molecule has 4 rings (SSSR count). The molecule has 0 bridgehead atoms.